The number of H-pyrrole nitrogens is 1. The largest absolute Gasteiger partial charge is 0.378 e. The molecule has 0 spiro atoms. The Morgan fingerprint density at radius 3 is 2.47 bits per heavy atom. The molecule has 2 rings (SSSR count). The van der Waals surface area contributed by atoms with Crippen LogP contribution in [0.25, 0.3) is 0 Å². The van der Waals surface area contributed by atoms with Gasteiger partial charge in [-0.25, -0.2) is 8.42 Å². The van der Waals surface area contributed by atoms with Gasteiger partial charge in [0.1, 0.15) is 4.90 Å². The third kappa shape index (κ3) is 2.82. The summed E-state index contributed by atoms with van der Waals surface area (Å²) in [6, 6.07) is 0. The molecular formula is C12H21N3O3S. The molecule has 0 bridgehead atoms. The molecular weight excluding hydrogens is 266 g/mol. The average molecular weight is 287 g/mol. The molecule has 19 heavy (non-hydrogen) atoms. The molecule has 0 aliphatic carbocycles. The van der Waals surface area contributed by atoms with Crippen molar-refractivity contribution in [3.05, 3.63) is 11.4 Å². The van der Waals surface area contributed by atoms with Crippen LogP contribution in [-0.2, 0) is 14.8 Å². The topological polar surface area (TPSA) is 75.3 Å². The summed E-state index contributed by atoms with van der Waals surface area (Å²) < 4.78 is 32.2. The fraction of sp³-hybridized carbons (Fsp3) is 0.750. The summed E-state index contributed by atoms with van der Waals surface area (Å²) in [6.07, 6.45) is 1.69. The summed E-state index contributed by atoms with van der Waals surface area (Å²) in [5.41, 5.74) is 1.13. The lowest BCUT2D eigenvalue weighted by molar-refractivity contribution is 0.0290. The molecule has 7 heteroatoms. The van der Waals surface area contributed by atoms with Crippen molar-refractivity contribution in [3.63, 3.8) is 0 Å². The van der Waals surface area contributed by atoms with E-state index in [4.69, 9.17) is 4.74 Å². The van der Waals surface area contributed by atoms with Crippen LogP contribution in [0.15, 0.2) is 4.90 Å². The predicted octanol–water partition coefficient (Wildman–Crippen LogP) is 1.22. The molecule has 1 N–H and O–H groups in total. The van der Waals surface area contributed by atoms with E-state index in [1.54, 1.807) is 13.8 Å². The lowest BCUT2D eigenvalue weighted by atomic mass is 10.1. The van der Waals surface area contributed by atoms with Crippen LogP contribution in [0, 0.1) is 13.8 Å². The first-order chi connectivity index (χ1) is 8.96. The molecule has 0 radical (unpaired) electrons. The normalized spacial score (nSPS) is 18.9. The van der Waals surface area contributed by atoms with Crippen LogP contribution in [0.1, 0.15) is 31.2 Å². The number of ether oxygens (including phenoxy) is 1. The molecule has 0 aromatic carbocycles. The number of aromatic amines is 1. The van der Waals surface area contributed by atoms with Crippen molar-refractivity contribution >= 4 is 10.0 Å². The van der Waals surface area contributed by atoms with Crippen molar-refractivity contribution in [2.75, 3.05) is 19.7 Å². The Bertz CT molecular complexity index is 511. The summed E-state index contributed by atoms with van der Waals surface area (Å²) in [6.45, 7) is 7.11. The van der Waals surface area contributed by atoms with Gasteiger partial charge in [-0.2, -0.15) is 9.40 Å². The Morgan fingerprint density at radius 1 is 1.37 bits per heavy atom. The van der Waals surface area contributed by atoms with Crippen molar-refractivity contribution in [3.8, 4) is 0 Å². The van der Waals surface area contributed by atoms with Crippen LogP contribution >= 0.6 is 0 Å². The smallest absolute Gasteiger partial charge is 0.246 e. The van der Waals surface area contributed by atoms with Gasteiger partial charge in [-0.1, -0.05) is 0 Å². The number of aromatic nitrogens is 2. The molecule has 1 fully saturated rings. The van der Waals surface area contributed by atoms with Gasteiger partial charge < -0.3 is 4.74 Å². The van der Waals surface area contributed by atoms with Crippen molar-refractivity contribution < 1.29 is 13.2 Å². The van der Waals surface area contributed by atoms with Gasteiger partial charge in [-0.3, -0.25) is 5.10 Å². The van der Waals surface area contributed by atoms with Crippen molar-refractivity contribution in [2.45, 2.75) is 44.6 Å². The highest BCUT2D eigenvalue weighted by atomic mass is 32.2. The van der Waals surface area contributed by atoms with Crippen molar-refractivity contribution in [1.82, 2.24) is 14.5 Å². The van der Waals surface area contributed by atoms with Gasteiger partial charge in [0.2, 0.25) is 10.0 Å². The van der Waals surface area contributed by atoms with Crippen LogP contribution < -0.4 is 0 Å². The number of hydrogen-bond donors (Lipinski definition) is 1. The maximum absolute atomic E-state index is 12.6. The number of sulfonamides is 1. The van der Waals surface area contributed by atoms with Crippen LogP contribution in [-0.4, -0.2) is 48.7 Å². The van der Waals surface area contributed by atoms with E-state index in [-0.39, 0.29) is 6.10 Å². The van der Waals surface area contributed by atoms with E-state index < -0.39 is 10.0 Å². The Kier molecular flexibility index (Phi) is 4.27. The first kappa shape index (κ1) is 14.5. The van der Waals surface area contributed by atoms with Crippen LogP contribution in [0.5, 0.6) is 0 Å². The average Bonchev–Trinajstić information content (AvgIpc) is 2.70. The zero-order valence-electron chi connectivity index (χ0n) is 11.6. The predicted molar refractivity (Wildman–Crippen MR) is 71.5 cm³/mol. The summed E-state index contributed by atoms with van der Waals surface area (Å²) in [7, 11) is -3.43. The molecule has 0 saturated carbocycles. The third-order valence-electron chi connectivity index (χ3n) is 3.46. The number of hydrogen-bond acceptors (Lipinski definition) is 4. The number of piperidine rings is 1. The highest BCUT2D eigenvalue weighted by Crippen LogP contribution is 2.25. The van der Waals surface area contributed by atoms with E-state index >= 15 is 0 Å². The van der Waals surface area contributed by atoms with E-state index in [0.29, 0.717) is 36.0 Å². The molecule has 1 aliphatic heterocycles. The summed E-state index contributed by atoms with van der Waals surface area (Å²) >= 11 is 0. The third-order valence-corrected chi connectivity index (χ3v) is 5.62. The van der Waals surface area contributed by atoms with E-state index in [9.17, 15) is 8.42 Å². The van der Waals surface area contributed by atoms with Crippen LogP contribution in [0.3, 0.4) is 0 Å². The SMILES string of the molecule is CCOC1CCN(S(=O)(=O)c2c(C)n[nH]c2C)CC1. The van der Waals surface area contributed by atoms with Gasteiger partial charge >= 0.3 is 0 Å². The Morgan fingerprint density at radius 2 is 2.00 bits per heavy atom. The highest BCUT2D eigenvalue weighted by molar-refractivity contribution is 7.89. The molecule has 1 aromatic heterocycles. The van der Waals surface area contributed by atoms with Crippen LogP contribution in [0.4, 0.5) is 0 Å². The second-order valence-electron chi connectivity index (χ2n) is 4.82. The maximum Gasteiger partial charge on any atom is 0.246 e. The maximum atomic E-state index is 12.6. The summed E-state index contributed by atoms with van der Waals surface area (Å²) in [5.74, 6) is 0. The molecule has 1 aromatic rings. The van der Waals surface area contributed by atoms with Crippen molar-refractivity contribution in [1.29, 1.82) is 0 Å². The van der Waals surface area contributed by atoms with Gasteiger partial charge in [0.15, 0.2) is 0 Å². The van der Waals surface area contributed by atoms with E-state index in [1.165, 1.54) is 4.31 Å². The molecule has 108 valence electrons. The molecule has 0 amide bonds. The highest BCUT2D eigenvalue weighted by Gasteiger charge is 2.32. The number of rotatable bonds is 4. The molecule has 0 unspecified atom stereocenters. The fourth-order valence-electron chi connectivity index (χ4n) is 2.52. The molecule has 6 nitrogen and oxygen atoms in total. The Balaban J connectivity index is 2.15. The Hall–Kier alpha value is -0.920. The summed E-state index contributed by atoms with van der Waals surface area (Å²) in [4.78, 5) is 0.322. The van der Waals surface area contributed by atoms with Gasteiger partial charge in [0.25, 0.3) is 0 Å². The number of aryl methyl sites for hydroxylation is 2. The standard InChI is InChI=1S/C12H21N3O3S/c1-4-18-11-5-7-15(8-6-11)19(16,17)12-9(2)13-14-10(12)3/h11H,4-8H2,1-3H3,(H,13,14). The fourth-order valence-corrected chi connectivity index (χ4v) is 4.33. The monoisotopic (exact) mass is 287 g/mol. The van der Waals surface area contributed by atoms with Gasteiger partial charge in [0.05, 0.1) is 17.5 Å². The molecule has 1 aliphatic rings. The summed E-state index contributed by atoms with van der Waals surface area (Å²) in [5, 5.41) is 6.70. The lowest BCUT2D eigenvalue weighted by Crippen LogP contribution is -2.41. The Labute approximate surface area is 114 Å². The zero-order valence-corrected chi connectivity index (χ0v) is 12.5. The minimum Gasteiger partial charge on any atom is -0.378 e. The first-order valence-corrected chi connectivity index (χ1v) is 8.04. The number of nitrogens with zero attached hydrogens (tertiary/aromatic N) is 2. The molecule has 0 atom stereocenters. The van der Waals surface area contributed by atoms with Gasteiger partial charge in [-0.05, 0) is 33.6 Å². The zero-order chi connectivity index (χ0) is 14.0. The first-order valence-electron chi connectivity index (χ1n) is 6.60. The van der Waals surface area contributed by atoms with Gasteiger partial charge in [0, 0.05) is 19.7 Å². The number of nitrogens with one attached hydrogen (secondary N) is 1. The quantitative estimate of drug-likeness (QED) is 0.903. The van der Waals surface area contributed by atoms with E-state index in [2.05, 4.69) is 10.2 Å². The second kappa shape index (κ2) is 5.60. The van der Waals surface area contributed by atoms with Crippen LogP contribution in [0.2, 0.25) is 0 Å². The van der Waals surface area contributed by atoms with E-state index in [0.717, 1.165) is 12.8 Å². The van der Waals surface area contributed by atoms with E-state index in [1.807, 2.05) is 6.92 Å². The minimum absolute atomic E-state index is 0.183. The van der Waals surface area contributed by atoms with Crippen molar-refractivity contribution in [2.24, 2.45) is 0 Å². The lowest BCUT2D eigenvalue weighted by Gasteiger charge is -2.30. The molecule has 2 heterocycles. The second-order valence-corrected chi connectivity index (χ2v) is 6.70. The minimum atomic E-state index is -3.43. The molecule has 1 saturated heterocycles. The van der Waals surface area contributed by atoms with Gasteiger partial charge in [-0.15, -0.1) is 0 Å².